The smallest absolute Gasteiger partial charge is 0.152 e. The summed E-state index contributed by atoms with van der Waals surface area (Å²) in [5.41, 5.74) is 2.13. The Morgan fingerprint density at radius 1 is 0.733 bits per heavy atom. The summed E-state index contributed by atoms with van der Waals surface area (Å²) >= 11 is 0. The zero-order valence-corrected chi connectivity index (χ0v) is 18.6. The van der Waals surface area contributed by atoms with E-state index < -0.39 is 6.29 Å². The van der Waals surface area contributed by atoms with Gasteiger partial charge in [-0.2, -0.15) is 0 Å². The second kappa shape index (κ2) is 12.0. The van der Waals surface area contributed by atoms with E-state index in [0.717, 1.165) is 44.8 Å². The number of unbranched alkanes of at least 4 members (excludes halogenated alkanes) is 4. The molecule has 30 heavy (non-hydrogen) atoms. The van der Waals surface area contributed by atoms with E-state index in [4.69, 9.17) is 0 Å². The van der Waals surface area contributed by atoms with Gasteiger partial charge in [0.05, 0.1) is 0 Å². The molecule has 0 spiro atoms. The standard InChI is InChI=1S/C27H38O3/c1-26(20-21-28,23-14-8-6-9-15-23)18-12-4-3-5-13-19-27(2,22-25(29)30)24-16-10-7-11-17-24/h6-11,14-17,21,25,29-30H,3-5,12-13,18-20,22H2,1-2H3. The van der Waals surface area contributed by atoms with Gasteiger partial charge in [0.15, 0.2) is 6.29 Å². The summed E-state index contributed by atoms with van der Waals surface area (Å²) < 4.78 is 0. The highest BCUT2D eigenvalue weighted by atomic mass is 16.5. The average molecular weight is 411 g/mol. The molecule has 3 nitrogen and oxygen atoms in total. The fourth-order valence-corrected chi connectivity index (χ4v) is 4.56. The quantitative estimate of drug-likeness (QED) is 0.231. The number of hydrogen-bond acceptors (Lipinski definition) is 3. The lowest BCUT2D eigenvalue weighted by Crippen LogP contribution is -2.28. The number of carbonyl (C=O) groups excluding carboxylic acids is 1. The highest BCUT2D eigenvalue weighted by Crippen LogP contribution is 2.35. The molecule has 0 saturated carbocycles. The van der Waals surface area contributed by atoms with Gasteiger partial charge in [0.1, 0.15) is 6.29 Å². The number of hydrogen-bond donors (Lipinski definition) is 2. The van der Waals surface area contributed by atoms with Crippen molar-refractivity contribution < 1.29 is 15.0 Å². The van der Waals surface area contributed by atoms with Gasteiger partial charge in [-0.05, 0) is 34.8 Å². The van der Waals surface area contributed by atoms with E-state index in [1.54, 1.807) is 0 Å². The molecule has 0 aromatic heterocycles. The van der Waals surface area contributed by atoms with Crippen molar-refractivity contribution in [2.75, 3.05) is 0 Å². The lowest BCUT2D eigenvalue weighted by atomic mass is 9.75. The molecule has 0 heterocycles. The molecule has 2 aromatic rings. The van der Waals surface area contributed by atoms with Crippen LogP contribution < -0.4 is 0 Å². The molecule has 3 heteroatoms. The van der Waals surface area contributed by atoms with Crippen LogP contribution in [0.4, 0.5) is 0 Å². The molecule has 0 aliphatic carbocycles. The average Bonchev–Trinajstić information content (AvgIpc) is 2.74. The van der Waals surface area contributed by atoms with Crippen LogP contribution in [0.1, 0.15) is 82.8 Å². The Labute approximate surface area is 182 Å². The largest absolute Gasteiger partial charge is 0.368 e. The van der Waals surface area contributed by atoms with E-state index in [0.29, 0.717) is 12.8 Å². The normalized spacial score (nSPS) is 15.5. The zero-order chi connectivity index (χ0) is 21.9. The molecule has 0 aliphatic rings. The molecule has 0 aliphatic heterocycles. The molecular weight excluding hydrogens is 372 g/mol. The van der Waals surface area contributed by atoms with Crippen LogP contribution in [0, 0.1) is 0 Å². The van der Waals surface area contributed by atoms with Crippen molar-refractivity contribution >= 4 is 6.29 Å². The van der Waals surface area contributed by atoms with E-state index in [9.17, 15) is 15.0 Å². The predicted octanol–water partition coefficient (Wildman–Crippen LogP) is 5.92. The Morgan fingerprint density at radius 2 is 1.17 bits per heavy atom. The van der Waals surface area contributed by atoms with Crippen LogP contribution in [0.2, 0.25) is 0 Å². The van der Waals surface area contributed by atoms with Gasteiger partial charge in [0, 0.05) is 12.8 Å². The van der Waals surface area contributed by atoms with Crippen molar-refractivity contribution in [2.24, 2.45) is 0 Å². The first kappa shape index (κ1) is 24.3. The highest BCUT2D eigenvalue weighted by Gasteiger charge is 2.28. The van der Waals surface area contributed by atoms with Crippen LogP contribution in [-0.2, 0) is 15.6 Å². The van der Waals surface area contributed by atoms with E-state index in [1.807, 2.05) is 36.4 Å². The molecule has 0 fully saturated rings. The van der Waals surface area contributed by atoms with Gasteiger partial charge in [0.25, 0.3) is 0 Å². The van der Waals surface area contributed by atoms with Gasteiger partial charge in [-0.15, -0.1) is 0 Å². The molecule has 2 aromatic carbocycles. The van der Waals surface area contributed by atoms with Crippen molar-refractivity contribution in [3.05, 3.63) is 71.8 Å². The summed E-state index contributed by atoms with van der Waals surface area (Å²) in [4.78, 5) is 11.2. The third kappa shape index (κ3) is 7.37. The first-order valence-corrected chi connectivity index (χ1v) is 11.3. The Bertz CT molecular complexity index is 728. The van der Waals surface area contributed by atoms with Crippen LogP contribution in [0.5, 0.6) is 0 Å². The van der Waals surface area contributed by atoms with E-state index in [2.05, 4.69) is 38.1 Å². The van der Waals surface area contributed by atoms with Crippen LogP contribution in [0.3, 0.4) is 0 Å². The van der Waals surface area contributed by atoms with Crippen molar-refractivity contribution in [1.82, 2.24) is 0 Å². The Kier molecular flexibility index (Phi) is 9.74. The number of aliphatic hydroxyl groups is 2. The fraction of sp³-hybridized carbons (Fsp3) is 0.519. The maximum Gasteiger partial charge on any atom is 0.152 e. The molecule has 2 atom stereocenters. The molecule has 164 valence electrons. The molecule has 0 bridgehead atoms. The molecule has 0 saturated heterocycles. The van der Waals surface area contributed by atoms with Gasteiger partial charge < -0.3 is 15.0 Å². The third-order valence-corrected chi connectivity index (χ3v) is 6.57. The van der Waals surface area contributed by atoms with Gasteiger partial charge in [0.2, 0.25) is 0 Å². The van der Waals surface area contributed by atoms with E-state index in [-0.39, 0.29) is 10.8 Å². The van der Waals surface area contributed by atoms with Gasteiger partial charge in [-0.1, -0.05) is 107 Å². The number of aldehydes is 1. The van der Waals surface area contributed by atoms with Gasteiger partial charge in [-0.3, -0.25) is 0 Å². The number of benzene rings is 2. The second-order valence-electron chi connectivity index (χ2n) is 9.18. The third-order valence-electron chi connectivity index (χ3n) is 6.57. The van der Waals surface area contributed by atoms with Crippen molar-refractivity contribution in [3.8, 4) is 0 Å². The Hall–Kier alpha value is -1.97. The highest BCUT2D eigenvalue weighted by molar-refractivity contribution is 5.53. The predicted molar refractivity (Wildman–Crippen MR) is 123 cm³/mol. The zero-order valence-electron chi connectivity index (χ0n) is 18.6. The molecule has 2 unspecified atom stereocenters. The maximum atomic E-state index is 11.2. The molecular formula is C27H38O3. The minimum absolute atomic E-state index is 0.0772. The van der Waals surface area contributed by atoms with Crippen LogP contribution in [-0.4, -0.2) is 22.8 Å². The van der Waals surface area contributed by atoms with Crippen LogP contribution >= 0.6 is 0 Å². The number of rotatable bonds is 14. The first-order valence-electron chi connectivity index (χ1n) is 11.3. The summed E-state index contributed by atoms with van der Waals surface area (Å²) in [6.45, 7) is 4.33. The summed E-state index contributed by atoms with van der Waals surface area (Å²) in [6.07, 6.45) is 8.30. The van der Waals surface area contributed by atoms with Gasteiger partial charge >= 0.3 is 0 Å². The van der Waals surface area contributed by atoms with Crippen LogP contribution in [0.25, 0.3) is 0 Å². The molecule has 2 N–H and O–H groups in total. The first-order chi connectivity index (χ1) is 14.4. The lowest BCUT2D eigenvalue weighted by Gasteiger charge is -2.31. The molecule has 0 amide bonds. The minimum Gasteiger partial charge on any atom is -0.368 e. The Balaban J connectivity index is 1.78. The summed E-state index contributed by atoms with van der Waals surface area (Å²) in [5, 5.41) is 19.1. The number of carbonyl (C=O) groups is 1. The van der Waals surface area contributed by atoms with E-state index in [1.165, 1.54) is 17.5 Å². The maximum absolute atomic E-state index is 11.2. The van der Waals surface area contributed by atoms with Crippen molar-refractivity contribution in [1.29, 1.82) is 0 Å². The van der Waals surface area contributed by atoms with Crippen molar-refractivity contribution in [3.63, 3.8) is 0 Å². The topological polar surface area (TPSA) is 57.5 Å². The lowest BCUT2D eigenvalue weighted by molar-refractivity contribution is -0.108. The number of aliphatic hydroxyl groups excluding tert-OH is 1. The van der Waals surface area contributed by atoms with Gasteiger partial charge in [-0.25, -0.2) is 0 Å². The van der Waals surface area contributed by atoms with Crippen LogP contribution in [0.15, 0.2) is 60.7 Å². The summed E-state index contributed by atoms with van der Waals surface area (Å²) in [5.74, 6) is 0. The second-order valence-corrected chi connectivity index (χ2v) is 9.18. The minimum atomic E-state index is -1.29. The Morgan fingerprint density at radius 3 is 1.63 bits per heavy atom. The molecule has 0 radical (unpaired) electrons. The fourth-order valence-electron chi connectivity index (χ4n) is 4.56. The van der Waals surface area contributed by atoms with Crippen molar-refractivity contribution in [2.45, 2.75) is 88.8 Å². The summed E-state index contributed by atoms with van der Waals surface area (Å²) in [6, 6.07) is 20.6. The molecule has 2 rings (SSSR count). The monoisotopic (exact) mass is 410 g/mol. The van der Waals surface area contributed by atoms with E-state index >= 15 is 0 Å². The SMILES string of the molecule is CC(CC=O)(CCCCCCCC(C)(CC(O)O)c1ccccc1)c1ccccc1. The summed E-state index contributed by atoms with van der Waals surface area (Å²) in [7, 11) is 0.